The zero-order valence-corrected chi connectivity index (χ0v) is 11.2. The molecule has 0 aliphatic carbocycles. The summed E-state index contributed by atoms with van der Waals surface area (Å²) in [7, 11) is 0. The number of alkyl halides is 3. The Morgan fingerprint density at radius 1 is 1.25 bits per heavy atom. The standard InChI is InChI=1S/C12H6BrF3N2O2/c13-6-1-2-7(8(5-6)12(14,15)16)10-17-4-3-9(18-10)11(19)20/h1-5H,(H,19,20). The number of carbonyl (C=O) groups is 1. The summed E-state index contributed by atoms with van der Waals surface area (Å²) in [6.07, 6.45) is -3.49. The van der Waals surface area contributed by atoms with E-state index in [0.717, 1.165) is 18.3 Å². The third-order valence-corrected chi connectivity index (χ3v) is 2.90. The molecule has 0 aliphatic heterocycles. The monoisotopic (exact) mass is 346 g/mol. The van der Waals surface area contributed by atoms with E-state index in [9.17, 15) is 18.0 Å². The van der Waals surface area contributed by atoms with E-state index in [1.807, 2.05) is 0 Å². The molecule has 8 heteroatoms. The van der Waals surface area contributed by atoms with Gasteiger partial charge in [-0.3, -0.25) is 0 Å². The van der Waals surface area contributed by atoms with Gasteiger partial charge in [0.1, 0.15) is 0 Å². The van der Waals surface area contributed by atoms with Crippen LogP contribution in [0, 0.1) is 0 Å². The van der Waals surface area contributed by atoms with Crippen molar-refractivity contribution in [1.29, 1.82) is 0 Å². The number of benzene rings is 1. The van der Waals surface area contributed by atoms with Crippen molar-refractivity contribution >= 4 is 21.9 Å². The van der Waals surface area contributed by atoms with Gasteiger partial charge in [0.05, 0.1) is 5.56 Å². The SMILES string of the molecule is O=C(O)c1ccnc(-c2ccc(Br)cc2C(F)(F)F)n1. The van der Waals surface area contributed by atoms with Gasteiger partial charge in [-0.15, -0.1) is 0 Å². The van der Waals surface area contributed by atoms with Gasteiger partial charge >= 0.3 is 12.1 Å². The van der Waals surface area contributed by atoms with Crippen LogP contribution in [0.3, 0.4) is 0 Å². The summed E-state index contributed by atoms with van der Waals surface area (Å²) in [6, 6.07) is 4.60. The molecule has 0 atom stereocenters. The first-order valence-corrected chi connectivity index (χ1v) is 6.02. The Balaban J connectivity index is 2.64. The van der Waals surface area contributed by atoms with Crippen molar-refractivity contribution in [1.82, 2.24) is 9.97 Å². The van der Waals surface area contributed by atoms with E-state index in [4.69, 9.17) is 5.11 Å². The highest BCUT2D eigenvalue weighted by molar-refractivity contribution is 9.10. The first-order chi connectivity index (χ1) is 9.29. The molecule has 1 aromatic carbocycles. The van der Waals surface area contributed by atoms with Crippen molar-refractivity contribution in [3.8, 4) is 11.4 Å². The average Bonchev–Trinajstić information content (AvgIpc) is 2.37. The quantitative estimate of drug-likeness (QED) is 0.901. The van der Waals surface area contributed by atoms with Gasteiger partial charge in [-0.1, -0.05) is 15.9 Å². The molecule has 2 aromatic rings. The van der Waals surface area contributed by atoms with Gasteiger partial charge in [0, 0.05) is 16.2 Å². The molecule has 20 heavy (non-hydrogen) atoms. The molecule has 0 radical (unpaired) electrons. The molecule has 0 unspecified atom stereocenters. The number of aromatic nitrogens is 2. The van der Waals surface area contributed by atoms with E-state index in [-0.39, 0.29) is 21.6 Å². The lowest BCUT2D eigenvalue weighted by Gasteiger charge is -2.12. The van der Waals surface area contributed by atoms with Crippen LogP contribution in [0.2, 0.25) is 0 Å². The Morgan fingerprint density at radius 2 is 1.95 bits per heavy atom. The molecule has 0 fully saturated rings. The second-order valence-electron chi connectivity index (χ2n) is 3.76. The van der Waals surface area contributed by atoms with Crippen LogP contribution in [-0.4, -0.2) is 21.0 Å². The zero-order valence-electron chi connectivity index (χ0n) is 9.65. The molecule has 0 spiro atoms. The van der Waals surface area contributed by atoms with Gasteiger partial charge in [-0.05, 0) is 24.3 Å². The predicted octanol–water partition coefficient (Wildman–Crippen LogP) is 3.62. The highest BCUT2D eigenvalue weighted by Crippen LogP contribution is 2.37. The normalized spacial score (nSPS) is 11.4. The molecular formula is C12H6BrF3N2O2. The minimum Gasteiger partial charge on any atom is -0.477 e. The molecule has 0 saturated carbocycles. The van der Waals surface area contributed by atoms with E-state index in [2.05, 4.69) is 25.9 Å². The molecule has 0 amide bonds. The summed E-state index contributed by atoms with van der Waals surface area (Å²) in [5.41, 5.74) is -1.58. The number of aromatic carboxylic acids is 1. The summed E-state index contributed by atoms with van der Waals surface area (Å²) >= 11 is 2.96. The van der Waals surface area contributed by atoms with Crippen molar-refractivity contribution in [3.05, 3.63) is 46.2 Å². The van der Waals surface area contributed by atoms with E-state index in [1.54, 1.807) is 0 Å². The Bertz CT molecular complexity index is 674. The molecular weight excluding hydrogens is 341 g/mol. The minimum absolute atomic E-state index is 0.253. The van der Waals surface area contributed by atoms with Gasteiger partial charge in [0.25, 0.3) is 0 Å². The first-order valence-electron chi connectivity index (χ1n) is 5.22. The lowest BCUT2D eigenvalue weighted by atomic mass is 10.1. The lowest BCUT2D eigenvalue weighted by Crippen LogP contribution is -2.09. The number of halogens is 4. The maximum atomic E-state index is 13.0. The van der Waals surface area contributed by atoms with Gasteiger partial charge in [-0.2, -0.15) is 13.2 Å². The second kappa shape index (κ2) is 5.20. The van der Waals surface area contributed by atoms with Crippen molar-refractivity contribution in [3.63, 3.8) is 0 Å². The molecule has 104 valence electrons. The minimum atomic E-state index is -4.60. The third kappa shape index (κ3) is 2.96. The molecule has 2 rings (SSSR count). The lowest BCUT2D eigenvalue weighted by molar-refractivity contribution is -0.137. The molecule has 0 bridgehead atoms. The maximum absolute atomic E-state index is 13.0. The van der Waals surface area contributed by atoms with Crippen LogP contribution >= 0.6 is 15.9 Å². The number of rotatable bonds is 2. The summed E-state index contributed by atoms with van der Waals surface area (Å²) in [4.78, 5) is 18.1. The highest BCUT2D eigenvalue weighted by Gasteiger charge is 2.34. The molecule has 1 N–H and O–H groups in total. The number of hydrogen-bond acceptors (Lipinski definition) is 3. The van der Waals surface area contributed by atoms with Crippen molar-refractivity contribution in [2.24, 2.45) is 0 Å². The van der Waals surface area contributed by atoms with Crippen LogP contribution in [0.1, 0.15) is 16.1 Å². The van der Waals surface area contributed by atoms with Crippen LogP contribution in [0.5, 0.6) is 0 Å². The maximum Gasteiger partial charge on any atom is 0.417 e. The fourth-order valence-corrected chi connectivity index (χ4v) is 1.91. The van der Waals surface area contributed by atoms with E-state index in [1.165, 1.54) is 12.1 Å². The fourth-order valence-electron chi connectivity index (χ4n) is 1.55. The third-order valence-electron chi connectivity index (χ3n) is 2.40. The van der Waals surface area contributed by atoms with Crippen molar-refractivity contribution in [2.45, 2.75) is 6.18 Å². The van der Waals surface area contributed by atoms with Crippen LogP contribution in [-0.2, 0) is 6.18 Å². The van der Waals surface area contributed by atoms with Crippen LogP contribution in [0.15, 0.2) is 34.9 Å². The number of hydrogen-bond donors (Lipinski definition) is 1. The number of carboxylic acid groups (broad SMARTS) is 1. The fraction of sp³-hybridized carbons (Fsp3) is 0.0833. The van der Waals surface area contributed by atoms with Gasteiger partial charge in [-0.25, -0.2) is 14.8 Å². The Morgan fingerprint density at radius 3 is 2.55 bits per heavy atom. The molecule has 1 aromatic heterocycles. The van der Waals surface area contributed by atoms with Crippen LogP contribution in [0.4, 0.5) is 13.2 Å². The molecule has 0 aliphatic rings. The summed E-state index contributed by atoms with van der Waals surface area (Å²) < 4.78 is 39.2. The predicted molar refractivity (Wildman–Crippen MR) is 67.1 cm³/mol. The summed E-state index contributed by atoms with van der Waals surface area (Å²) in [5.74, 6) is -1.62. The van der Waals surface area contributed by atoms with E-state index >= 15 is 0 Å². The van der Waals surface area contributed by atoms with Gasteiger partial charge in [0.15, 0.2) is 11.5 Å². The smallest absolute Gasteiger partial charge is 0.417 e. The Labute approximate surface area is 119 Å². The zero-order chi connectivity index (χ0) is 14.9. The van der Waals surface area contributed by atoms with Crippen LogP contribution in [0.25, 0.3) is 11.4 Å². The topological polar surface area (TPSA) is 63.1 Å². The van der Waals surface area contributed by atoms with Crippen molar-refractivity contribution in [2.75, 3.05) is 0 Å². The highest BCUT2D eigenvalue weighted by atomic mass is 79.9. The Hall–Kier alpha value is -1.96. The number of nitrogens with zero attached hydrogens (tertiary/aromatic N) is 2. The largest absolute Gasteiger partial charge is 0.477 e. The molecule has 0 saturated heterocycles. The first kappa shape index (κ1) is 14.4. The van der Waals surface area contributed by atoms with Gasteiger partial charge < -0.3 is 5.11 Å². The Kier molecular flexibility index (Phi) is 3.76. The molecule has 1 heterocycles. The summed E-state index contributed by atoms with van der Waals surface area (Å²) in [6.45, 7) is 0. The molecule has 4 nitrogen and oxygen atoms in total. The average molecular weight is 347 g/mol. The van der Waals surface area contributed by atoms with E-state index in [0.29, 0.717) is 0 Å². The summed E-state index contributed by atoms with van der Waals surface area (Å²) in [5, 5.41) is 8.81. The van der Waals surface area contributed by atoms with Gasteiger partial charge in [0.2, 0.25) is 0 Å². The second-order valence-corrected chi connectivity index (χ2v) is 4.67. The van der Waals surface area contributed by atoms with Crippen molar-refractivity contribution < 1.29 is 23.1 Å². The van der Waals surface area contributed by atoms with Crippen LogP contribution < -0.4 is 0 Å². The number of carboxylic acids is 1. The van der Waals surface area contributed by atoms with E-state index < -0.39 is 17.7 Å².